The number of hydrogen-bond donors (Lipinski definition) is 1. The van der Waals surface area contributed by atoms with Crippen molar-refractivity contribution in [3.05, 3.63) is 77.9 Å². The molecule has 4 rings (SSSR count). The minimum absolute atomic E-state index is 0.522. The number of carbonyl (C=O) groups is 1. The Morgan fingerprint density at radius 1 is 0.967 bits per heavy atom. The van der Waals surface area contributed by atoms with Gasteiger partial charge < -0.3 is 19.1 Å². The maximum absolute atomic E-state index is 12.3. The predicted molar refractivity (Wildman–Crippen MR) is 117 cm³/mol. The lowest BCUT2D eigenvalue weighted by Crippen LogP contribution is -2.19. The molecular weight excluding hydrogens is 380 g/mol. The van der Waals surface area contributed by atoms with Crippen LogP contribution in [0.3, 0.4) is 0 Å². The van der Waals surface area contributed by atoms with E-state index in [0.29, 0.717) is 22.9 Å². The molecule has 0 atom stereocenters. The highest BCUT2D eigenvalue weighted by Gasteiger charge is 2.20. The first kappa shape index (κ1) is 19.6. The van der Waals surface area contributed by atoms with Crippen molar-refractivity contribution in [1.82, 2.24) is 0 Å². The summed E-state index contributed by atoms with van der Waals surface area (Å²) in [5.74, 6) is 1.65. The van der Waals surface area contributed by atoms with E-state index in [1.165, 1.54) is 16.8 Å². The molecule has 6 nitrogen and oxygen atoms in total. The van der Waals surface area contributed by atoms with Crippen LogP contribution >= 0.6 is 0 Å². The Morgan fingerprint density at radius 3 is 2.53 bits per heavy atom. The molecule has 3 aromatic rings. The lowest BCUT2D eigenvalue weighted by Gasteiger charge is -2.19. The molecule has 1 aliphatic rings. The molecule has 1 heterocycles. The third-order valence-corrected chi connectivity index (χ3v) is 5.10. The van der Waals surface area contributed by atoms with Crippen LogP contribution in [0.4, 0.5) is 16.2 Å². The lowest BCUT2D eigenvalue weighted by molar-refractivity contribution is 0.215. The van der Waals surface area contributed by atoms with Crippen molar-refractivity contribution in [2.45, 2.75) is 13.0 Å². The first-order valence-corrected chi connectivity index (χ1v) is 9.79. The van der Waals surface area contributed by atoms with Gasteiger partial charge in [-0.15, -0.1) is 0 Å². The monoisotopic (exact) mass is 404 g/mol. The number of rotatable bonds is 6. The van der Waals surface area contributed by atoms with Crippen LogP contribution in [0.2, 0.25) is 0 Å². The summed E-state index contributed by atoms with van der Waals surface area (Å²) in [6.07, 6.45) is 0.373. The van der Waals surface area contributed by atoms with E-state index >= 15 is 0 Å². The molecule has 0 aromatic heterocycles. The molecule has 1 aliphatic heterocycles. The van der Waals surface area contributed by atoms with E-state index in [2.05, 4.69) is 34.5 Å². The molecule has 154 valence electrons. The number of fused-ring (bicyclic) bond motifs is 1. The second kappa shape index (κ2) is 8.78. The molecular formula is C24H24N2O4. The molecule has 1 N–H and O–H groups in total. The van der Waals surface area contributed by atoms with Crippen molar-refractivity contribution in [2.75, 3.05) is 31.0 Å². The van der Waals surface area contributed by atoms with Gasteiger partial charge in [0.15, 0.2) is 11.5 Å². The van der Waals surface area contributed by atoms with E-state index in [0.717, 1.165) is 19.5 Å². The summed E-state index contributed by atoms with van der Waals surface area (Å²) in [4.78, 5) is 14.7. The standard InChI is InChI=1S/C24H24N2O4/c1-28-22-11-8-19(15-23(22)29-2)25-24(27)30-20-9-10-21-18(14-20)12-13-26(21)16-17-6-4-3-5-7-17/h3-11,14-15H,12-13,16H2,1-2H3,(H,25,27). The average molecular weight is 404 g/mol. The Labute approximate surface area is 176 Å². The molecule has 6 heteroatoms. The number of methoxy groups -OCH3 is 2. The topological polar surface area (TPSA) is 60.0 Å². The molecule has 1 amide bonds. The van der Waals surface area contributed by atoms with Crippen LogP contribution in [-0.4, -0.2) is 26.9 Å². The molecule has 0 bridgehead atoms. The maximum Gasteiger partial charge on any atom is 0.417 e. The van der Waals surface area contributed by atoms with Gasteiger partial charge in [0.1, 0.15) is 5.75 Å². The molecule has 0 spiro atoms. The number of nitrogens with zero attached hydrogens (tertiary/aromatic N) is 1. The Balaban J connectivity index is 1.41. The van der Waals surface area contributed by atoms with Crippen molar-refractivity contribution in [1.29, 1.82) is 0 Å². The zero-order chi connectivity index (χ0) is 20.9. The van der Waals surface area contributed by atoms with E-state index in [1.807, 2.05) is 24.3 Å². The van der Waals surface area contributed by atoms with Crippen molar-refractivity contribution < 1.29 is 19.0 Å². The zero-order valence-electron chi connectivity index (χ0n) is 17.1. The molecule has 0 unspecified atom stereocenters. The Bertz CT molecular complexity index is 1040. The number of anilines is 2. The van der Waals surface area contributed by atoms with Gasteiger partial charge in [0.25, 0.3) is 0 Å². The van der Waals surface area contributed by atoms with Crippen LogP contribution in [0, 0.1) is 0 Å². The average Bonchev–Trinajstić information content (AvgIpc) is 3.16. The highest BCUT2D eigenvalue weighted by Crippen LogP contribution is 2.33. The van der Waals surface area contributed by atoms with Gasteiger partial charge in [-0.1, -0.05) is 30.3 Å². The summed E-state index contributed by atoms with van der Waals surface area (Å²) >= 11 is 0. The SMILES string of the molecule is COc1ccc(NC(=O)Oc2ccc3c(c2)CCN3Cc2ccccc2)cc1OC. The first-order chi connectivity index (χ1) is 14.7. The minimum Gasteiger partial charge on any atom is -0.493 e. The van der Waals surface area contributed by atoms with Gasteiger partial charge in [-0.2, -0.15) is 0 Å². The number of nitrogens with one attached hydrogen (secondary N) is 1. The second-order valence-corrected chi connectivity index (χ2v) is 7.03. The Hall–Kier alpha value is -3.67. The first-order valence-electron chi connectivity index (χ1n) is 9.79. The normalized spacial score (nSPS) is 12.3. The molecule has 30 heavy (non-hydrogen) atoms. The lowest BCUT2D eigenvalue weighted by atomic mass is 10.1. The van der Waals surface area contributed by atoms with Gasteiger partial charge in [-0.05, 0) is 47.9 Å². The van der Waals surface area contributed by atoms with Crippen molar-refractivity contribution in [2.24, 2.45) is 0 Å². The van der Waals surface area contributed by atoms with Gasteiger partial charge in [0.05, 0.1) is 14.2 Å². The summed E-state index contributed by atoms with van der Waals surface area (Å²) in [5.41, 5.74) is 4.21. The van der Waals surface area contributed by atoms with Crippen LogP contribution in [0.25, 0.3) is 0 Å². The van der Waals surface area contributed by atoms with Crippen LogP contribution in [0.1, 0.15) is 11.1 Å². The summed E-state index contributed by atoms with van der Waals surface area (Å²) in [6, 6.07) is 21.3. The fourth-order valence-electron chi connectivity index (χ4n) is 3.64. The van der Waals surface area contributed by atoms with E-state index in [1.54, 1.807) is 32.4 Å². The summed E-state index contributed by atoms with van der Waals surface area (Å²) < 4.78 is 16.0. The number of benzene rings is 3. The third-order valence-electron chi connectivity index (χ3n) is 5.10. The van der Waals surface area contributed by atoms with Crippen molar-refractivity contribution >= 4 is 17.5 Å². The van der Waals surface area contributed by atoms with Crippen LogP contribution in [0.5, 0.6) is 17.2 Å². The van der Waals surface area contributed by atoms with Gasteiger partial charge in [0, 0.05) is 30.5 Å². The number of amides is 1. The van der Waals surface area contributed by atoms with Crippen LogP contribution in [-0.2, 0) is 13.0 Å². The minimum atomic E-state index is -0.554. The molecule has 0 saturated heterocycles. The Kier molecular flexibility index (Phi) is 5.75. The molecule has 0 saturated carbocycles. The maximum atomic E-state index is 12.3. The molecule has 0 aliphatic carbocycles. The number of ether oxygens (including phenoxy) is 3. The smallest absolute Gasteiger partial charge is 0.417 e. The molecule has 0 radical (unpaired) electrons. The summed E-state index contributed by atoms with van der Waals surface area (Å²) in [6.45, 7) is 1.82. The molecule has 0 fully saturated rings. The van der Waals surface area contributed by atoms with E-state index in [-0.39, 0.29) is 0 Å². The highest BCUT2D eigenvalue weighted by atomic mass is 16.6. The fourth-order valence-corrected chi connectivity index (χ4v) is 3.64. The van der Waals surface area contributed by atoms with E-state index < -0.39 is 6.09 Å². The van der Waals surface area contributed by atoms with Gasteiger partial charge in [-0.3, -0.25) is 5.32 Å². The molecule has 3 aromatic carbocycles. The summed E-state index contributed by atoms with van der Waals surface area (Å²) in [7, 11) is 3.11. The van der Waals surface area contributed by atoms with Crippen LogP contribution in [0.15, 0.2) is 66.7 Å². The quantitative estimate of drug-likeness (QED) is 0.635. The van der Waals surface area contributed by atoms with Crippen LogP contribution < -0.4 is 24.4 Å². The van der Waals surface area contributed by atoms with Gasteiger partial charge in [-0.25, -0.2) is 4.79 Å². The third kappa shape index (κ3) is 4.33. The second-order valence-electron chi connectivity index (χ2n) is 7.03. The van der Waals surface area contributed by atoms with Crippen molar-refractivity contribution in [3.8, 4) is 17.2 Å². The van der Waals surface area contributed by atoms with Gasteiger partial charge >= 0.3 is 6.09 Å². The number of carbonyl (C=O) groups excluding carboxylic acids is 1. The fraction of sp³-hybridized carbons (Fsp3) is 0.208. The largest absolute Gasteiger partial charge is 0.493 e. The van der Waals surface area contributed by atoms with E-state index in [9.17, 15) is 4.79 Å². The zero-order valence-corrected chi connectivity index (χ0v) is 17.1. The van der Waals surface area contributed by atoms with Crippen molar-refractivity contribution in [3.63, 3.8) is 0 Å². The summed E-state index contributed by atoms with van der Waals surface area (Å²) in [5, 5.41) is 2.72. The number of hydrogen-bond acceptors (Lipinski definition) is 5. The predicted octanol–water partition coefficient (Wildman–Crippen LogP) is 4.88. The van der Waals surface area contributed by atoms with E-state index in [4.69, 9.17) is 14.2 Å². The highest BCUT2D eigenvalue weighted by molar-refractivity contribution is 5.87. The Morgan fingerprint density at radius 2 is 1.77 bits per heavy atom. The van der Waals surface area contributed by atoms with Gasteiger partial charge in [0.2, 0.25) is 0 Å².